The Morgan fingerprint density at radius 2 is 2.06 bits per heavy atom. The van der Waals surface area contributed by atoms with Gasteiger partial charge in [-0.15, -0.1) is 0 Å². The lowest BCUT2D eigenvalue weighted by Gasteiger charge is -2.19. The number of pyridine rings is 1. The quantitative estimate of drug-likeness (QED) is 0.883. The Kier molecular flexibility index (Phi) is 3.35. The number of para-hydroxylation sites is 1. The predicted molar refractivity (Wildman–Crippen MR) is 64.6 cm³/mol. The largest absolute Gasteiger partial charge is 0.392 e. The van der Waals surface area contributed by atoms with Crippen LogP contribution in [0.15, 0.2) is 42.6 Å². The average Bonchev–Trinajstić information content (AvgIpc) is 2.38. The fourth-order valence-electron chi connectivity index (χ4n) is 1.59. The molecule has 2 rings (SSSR count). The lowest BCUT2D eigenvalue weighted by molar-refractivity contribution is 0.282. The number of aliphatic hydroxyl groups is 1. The fourth-order valence-corrected chi connectivity index (χ4v) is 1.59. The highest BCUT2D eigenvalue weighted by molar-refractivity contribution is 5.59. The molecule has 0 aliphatic carbocycles. The van der Waals surface area contributed by atoms with Crippen LogP contribution in [0, 0.1) is 5.82 Å². The van der Waals surface area contributed by atoms with E-state index in [1.54, 1.807) is 48.5 Å². The van der Waals surface area contributed by atoms with Crippen LogP contribution in [0.25, 0.3) is 0 Å². The summed E-state index contributed by atoms with van der Waals surface area (Å²) in [5.74, 6) is 0.299. The molecule has 0 fully saturated rings. The SMILES string of the molecule is CN(c1cc(CO)ccn1)c1ccccc1F. The molecule has 1 N–H and O–H groups in total. The first-order valence-electron chi connectivity index (χ1n) is 5.26. The predicted octanol–water partition coefficient (Wildman–Crippen LogP) is 2.48. The molecule has 1 aromatic carbocycles. The maximum atomic E-state index is 13.6. The summed E-state index contributed by atoms with van der Waals surface area (Å²) < 4.78 is 13.6. The van der Waals surface area contributed by atoms with Crippen LogP contribution in [-0.2, 0) is 6.61 Å². The number of rotatable bonds is 3. The van der Waals surface area contributed by atoms with Gasteiger partial charge in [0.1, 0.15) is 11.6 Å². The molecule has 88 valence electrons. The summed E-state index contributed by atoms with van der Waals surface area (Å²) in [5, 5.41) is 9.05. The summed E-state index contributed by atoms with van der Waals surface area (Å²) in [5.41, 5.74) is 1.20. The first-order chi connectivity index (χ1) is 8.22. The van der Waals surface area contributed by atoms with E-state index in [0.29, 0.717) is 11.5 Å². The van der Waals surface area contributed by atoms with Crippen molar-refractivity contribution in [2.24, 2.45) is 0 Å². The minimum atomic E-state index is -0.300. The van der Waals surface area contributed by atoms with Crippen molar-refractivity contribution in [3.8, 4) is 0 Å². The van der Waals surface area contributed by atoms with Crippen LogP contribution < -0.4 is 4.90 Å². The van der Waals surface area contributed by atoms with Crippen molar-refractivity contribution in [1.29, 1.82) is 0 Å². The second-order valence-electron chi connectivity index (χ2n) is 3.69. The van der Waals surface area contributed by atoms with Gasteiger partial charge in [0.15, 0.2) is 0 Å². The van der Waals surface area contributed by atoms with Gasteiger partial charge in [-0.3, -0.25) is 0 Å². The highest BCUT2D eigenvalue weighted by Crippen LogP contribution is 2.24. The van der Waals surface area contributed by atoms with Crippen molar-refractivity contribution < 1.29 is 9.50 Å². The van der Waals surface area contributed by atoms with E-state index in [4.69, 9.17) is 5.11 Å². The van der Waals surface area contributed by atoms with Gasteiger partial charge in [0, 0.05) is 13.2 Å². The summed E-state index contributed by atoms with van der Waals surface area (Å²) in [6, 6.07) is 9.95. The molecule has 0 atom stereocenters. The van der Waals surface area contributed by atoms with Crippen LogP contribution in [0.4, 0.5) is 15.9 Å². The summed E-state index contributed by atoms with van der Waals surface area (Å²) >= 11 is 0. The van der Waals surface area contributed by atoms with Gasteiger partial charge in [-0.25, -0.2) is 9.37 Å². The zero-order valence-electron chi connectivity index (χ0n) is 9.47. The zero-order valence-corrected chi connectivity index (χ0v) is 9.47. The van der Waals surface area contributed by atoms with Crippen LogP contribution >= 0.6 is 0 Å². The van der Waals surface area contributed by atoms with Gasteiger partial charge in [0.25, 0.3) is 0 Å². The molecule has 0 aliphatic rings. The van der Waals surface area contributed by atoms with E-state index < -0.39 is 0 Å². The standard InChI is InChI=1S/C13H13FN2O/c1-16(12-5-3-2-4-11(12)14)13-8-10(9-17)6-7-15-13/h2-8,17H,9H2,1H3. The number of hydrogen-bond donors (Lipinski definition) is 1. The van der Waals surface area contributed by atoms with E-state index in [-0.39, 0.29) is 12.4 Å². The maximum Gasteiger partial charge on any atom is 0.146 e. The van der Waals surface area contributed by atoms with Gasteiger partial charge in [-0.1, -0.05) is 12.1 Å². The van der Waals surface area contributed by atoms with Gasteiger partial charge in [0.05, 0.1) is 12.3 Å². The summed E-state index contributed by atoms with van der Waals surface area (Å²) in [6.45, 7) is -0.0549. The third kappa shape index (κ3) is 2.42. The normalized spacial score (nSPS) is 10.3. The van der Waals surface area contributed by atoms with Crippen LogP contribution in [0.5, 0.6) is 0 Å². The van der Waals surface area contributed by atoms with Crippen LogP contribution in [0.1, 0.15) is 5.56 Å². The summed E-state index contributed by atoms with van der Waals surface area (Å²) in [4.78, 5) is 5.80. The zero-order chi connectivity index (χ0) is 12.3. The lowest BCUT2D eigenvalue weighted by Crippen LogP contribution is -2.12. The number of halogens is 1. The molecule has 4 heteroatoms. The van der Waals surface area contributed by atoms with E-state index in [1.807, 2.05) is 0 Å². The van der Waals surface area contributed by atoms with Crippen LogP contribution in [0.3, 0.4) is 0 Å². The second-order valence-corrected chi connectivity index (χ2v) is 3.69. The van der Waals surface area contributed by atoms with E-state index in [0.717, 1.165) is 5.56 Å². The third-order valence-electron chi connectivity index (χ3n) is 2.55. The van der Waals surface area contributed by atoms with E-state index >= 15 is 0 Å². The molecule has 3 nitrogen and oxygen atoms in total. The number of aromatic nitrogens is 1. The highest BCUT2D eigenvalue weighted by atomic mass is 19.1. The molecule has 17 heavy (non-hydrogen) atoms. The minimum Gasteiger partial charge on any atom is -0.392 e. The molecule has 0 bridgehead atoms. The van der Waals surface area contributed by atoms with Crippen molar-refractivity contribution in [1.82, 2.24) is 4.98 Å². The van der Waals surface area contributed by atoms with Gasteiger partial charge in [-0.2, -0.15) is 0 Å². The molecule has 2 aromatic rings. The number of hydrogen-bond acceptors (Lipinski definition) is 3. The van der Waals surface area contributed by atoms with Crippen LogP contribution in [-0.4, -0.2) is 17.1 Å². The molecule has 0 unspecified atom stereocenters. The van der Waals surface area contributed by atoms with E-state index in [9.17, 15) is 4.39 Å². The first kappa shape index (κ1) is 11.5. The fraction of sp³-hybridized carbons (Fsp3) is 0.154. The van der Waals surface area contributed by atoms with Crippen molar-refractivity contribution in [3.05, 3.63) is 54.0 Å². The van der Waals surface area contributed by atoms with Crippen LogP contribution in [0.2, 0.25) is 0 Å². The van der Waals surface area contributed by atoms with Gasteiger partial charge in [0.2, 0.25) is 0 Å². The Labute approximate surface area is 99.2 Å². The molecule has 0 saturated heterocycles. The minimum absolute atomic E-state index is 0.0549. The summed E-state index contributed by atoms with van der Waals surface area (Å²) in [6.07, 6.45) is 1.60. The molecule has 1 heterocycles. The molecule has 0 spiro atoms. The van der Waals surface area contributed by atoms with Gasteiger partial charge < -0.3 is 10.0 Å². The topological polar surface area (TPSA) is 36.4 Å². The third-order valence-corrected chi connectivity index (χ3v) is 2.55. The van der Waals surface area contributed by atoms with Crippen molar-refractivity contribution in [2.45, 2.75) is 6.61 Å². The van der Waals surface area contributed by atoms with Gasteiger partial charge >= 0.3 is 0 Å². The molecule has 0 radical (unpaired) electrons. The molecule has 0 saturated carbocycles. The second kappa shape index (κ2) is 4.93. The van der Waals surface area contributed by atoms with E-state index in [1.165, 1.54) is 6.07 Å². The molecular formula is C13H13FN2O. The van der Waals surface area contributed by atoms with Gasteiger partial charge in [-0.05, 0) is 29.8 Å². The number of nitrogens with zero attached hydrogens (tertiary/aromatic N) is 2. The molecule has 0 aliphatic heterocycles. The first-order valence-corrected chi connectivity index (χ1v) is 5.26. The Bertz CT molecular complexity index is 516. The Balaban J connectivity index is 2.37. The monoisotopic (exact) mass is 232 g/mol. The Morgan fingerprint density at radius 1 is 1.29 bits per heavy atom. The average molecular weight is 232 g/mol. The summed E-state index contributed by atoms with van der Waals surface area (Å²) in [7, 11) is 1.74. The van der Waals surface area contributed by atoms with Crippen molar-refractivity contribution in [3.63, 3.8) is 0 Å². The van der Waals surface area contributed by atoms with E-state index in [2.05, 4.69) is 4.98 Å². The maximum absolute atomic E-state index is 13.6. The van der Waals surface area contributed by atoms with Crippen molar-refractivity contribution in [2.75, 3.05) is 11.9 Å². The number of anilines is 2. The molecule has 1 aromatic heterocycles. The smallest absolute Gasteiger partial charge is 0.146 e. The number of aliphatic hydroxyl groups excluding tert-OH is 1. The molecule has 0 amide bonds. The number of benzene rings is 1. The Hall–Kier alpha value is -1.94. The molecular weight excluding hydrogens is 219 g/mol. The van der Waals surface area contributed by atoms with Crippen molar-refractivity contribution >= 4 is 11.5 Å². The lowest BCUT2D eigenvalue weighted by atomic mass is 10.2. The Morgan fingerprint density at radius 3 is 2.76 bits per heavy atom. The highest BCUT2D eigenvalue weighted by Gasteiger charge is 2.09.